The van der Waals surface area contributed by atoms with Crippen LogP contribution in [0.4, 0.5) is 0 Å². The van der Waals surface area contributed by atoms with Crippen LogP contribution in [0, 0.1) is 0 Å². The SMILES string of the molecule is CCCCCCCCOC(=O)[C@@H](C)O. The summed E-state index contributed by atoms with van der Waals surface area (Å²) in [7, 11) is 0. The van der Waals surface area contributed by atoms with Gasteiger partial charge in [0.15, 0.2) is 0 Å². The Morgan fingerprint density at radius 3 is 2.36 bits per heavy atom. The fourth-order valence-corrected chi connectivity index (χ4v) is 1.18. The zero-order chi connectivity index (χ0) is 10.8. The molecule has 0 unspecified atom stereocenters. The molecule has 0 heterocycles. The van der Waals surface area contributed by atoms with E-state index < -0.39 is 12.1 Å². The van der Waals surface area contributed by atoms with Gasteiger partial charge in [0.05, 0.1) is 6.61 Å². The van der Waals surface area contributed by atoms with Gasteiger partial charge >= 0.3 is 5.97 Å². The van der Waals surface area contributed by atoms with Crippen LogP contribution < -0.4 is 0 Å². The van der Waals surface area contributed by atoms with Crippen LogP contribution in [0.5, 0.6) is 0 Å². The van der Waals surface area contributed by atoms with Gasteiger partial charge in [0.25, 0.3) is 0 Å². The van der Waals surface area contributed by atoms with E-state index in [-0.39, 0.29) is 0 Å². The third-order valence-corrected chi connectivity index (χ3v) is 2.08. The monoisotopic (exact) mass is 202 g/mol. The molecular formula is C11H22O3. The van der Waals surface area contributed by atoms with Crippen molar-refractivity contribution in [1.29, 1.82) is 0 Å². The van der Waals surface area contributed by atoms with Gasteiger partial charge in [0.1, 0.15) is 6.10 Å². The van der Waals surface area contributed by atoms with Crippen LogP contribution in [-0.2, 0) is 9.53 Å². The third-order valence-electron chi connectivity index (χ3n) is 2.08. The Morgan fingerprint density at radius 2 is 1.79 bits per heavy atom. The van der Waals surface area contributed by atoms with Crippen molar-refractivity contribution in [3.8, 4) is 0 Å². The van der Waals surface area contributed by atoms with Crippen LogP contribution in [0.15, 0.2) is 0 Å². The van der Waals surface area contributed by atoms with Crippen molar-refractivity contribution in [2.24, 2.45) is 0 Å². The van der Waals surface area contributed by atoms with E-state index in [1.165, 1.54) is 32.6 Å². The minimum Gasteiger partial charge on any atom is -0.464 e. The highest BCUT2D eigenvalue weighted by atomic mass is 16.5. The van der Waals surface area contributed by atoms with Gasteiger partial charge in [0.2, 0.25) is 0 Å². The Labute approximate surface area is 86.5 Å². The van der Waals surface area contributed by atoms with Crippen molar-refractivity contribution in [3.63, 3.8) is 0 Å². The first-order valence-electron chi connectivity index (χ1n) is 5.53. The van der Waals surface area contributed by atoms with Crippen molar-refractivity contribution in [3.05, 3.63) is 0 Å². The fourth-order valence-electron chi connectivity index (χ4n) is 1.18. The van der Waals surface area contributed by atoms with Gasteiger partial charge in [-0.3, -0.25) is 0 Å². The summed E-state index contributed by atoms with van der Waals surface area (Å²) in [5.41, 5.74) is 0. The Kier molecular flexibility index (Phi) is 8.64. The van der Waals surface area contributed by atoms with E-state index in [1.54, 1.807) is 0 Å². The van der Waals surface area contributed by atoms with Crippen molar-refractivity contribution < 1.29 is 14.6 Å². The highest BCUT2D eigenvalue weighted by molar-refractivity contribution is 5.73. The summed E-state index contributed by atoms with van der Waals surface area (Å²) in [6, 6.07) is 0. The number of esters is 1. The molecule has 0 aliphatic rings. The van der Waals surface area contributed by atoms with Crippen LogP contribution in [-0.4, -0.2) is 23.8 Å². The van der Waals surface area contributed by atoms with Crippen LogP contribution in [0.2, 0.25) is 0 Å². The molecule has 1 N–H and O–H groups in total. The molecule has 0 aromatic heterocycles. The maximum absolute atomic E-state index is 10.8. The molecule has 3 nitrogen and oxygen atoms in total. The highest BCUT2D eigenvalue weighted by Gasteiger charge is 2.08. The smallest absolute Gasteiger partial charge is 0.334 e. The Hall–Kier alpha value is -0.570. The molecule has 0 bridgehead atoms. The molecule has 0 fully saturated rings. The standard InChI is InChI=1S/C11H22O3/c1-3-4-5-6-7-8-9-14-11(13)10(2)12/h10,12H,3-9H2,1-2H3/t10-/m1/s1. The van der Waals surface area contributed by atoms with E-state index in [1.807, 2.05) is 0 Å². The van der Waals surface area contributed by atoms with Crippen LogP contribution >= 0.6 is 0 Å². The number of hydrogen-bond acceptors (Lipinski definition) is 3. The molecule has 0 amide bonds. The van der Waals surface area contributed by atoms with Crippen LogP contribution in [0.25, 0.3) is 0 Å². The number of unbranched alkanes of at least 4 members (excludes halogenated alkanes) is 5. The summed E-state index contributed by atoms with van der Waals surface area (Å²) < 4.78 is 4.82. The number of aliphatic hydroxyl groups is 1. The average molecular weight is 202 g/mol. The quantitative estimate of drug-likeness (QED) is 0.485. The number of rotatable bonds is 8. The van der Waals surface area contributed by atoms with Gasteiger partial charge in [0, 0.05) is 0 Å². The molecule has 0 aliphatic heterocycles. The Balaban J connectivity index is 3.10. The van der Waals surface area contributed by atoms with Crippen molar-refractivity contribution >= 4 is 5.97 Å². The molecule has 0 spiro atoms. The van der Waals surface area contributed by atoms with Gasteiger partial charge in [-0.25, -0.2) is 4.79 Å². The second kappa shape index (κ2) is 9.00. The number of carbonyl (C=O) groups excluding carboxylic acids is 1. The molecule has 84 valence electrons. The molecular weight excluding hydrogens is 180 g/mol. The maximum atomic E-state index is 10.8. The van der Waals surface area contributed by atoms with E-state index in [9.17, 15) is 4.79 Å². The van der Waals surface area contributed by atoms with E-state index in [0.717, 1.165) is 12.8 Å². The van der Waals surface area contributed by atoms with E-state index in [2.05, 4.69) is 6.92 Å². The number of hydrogen-bond donors (Lipinski definition) is 1. The van der Waals surface area contributed by atoms with Crippen molar-refractivity contribution in [1.82, 2.24) is 0 Å². The lowest BCUT2D eigenvalue weighted by atomic mass is 10.1. The lowest BCUT2D eigenvalue weighted by molar-refractivity contribution is -0.152. The first kappa shape index (κ1) is 13.4. The molecule has 0 aliphatic carbocycles. The number of ether oxygens (including phenoxy) is 1. The molecule has 0 saturated carbocycles. The van der Waals surface area contributed by atoms with Gasteiger partial charge in [-0.1, -0.05) is 39.0 Å². The molecule has 0 radical (unpaired) electrons. The molecule has 3 heteroatoms. The summed E-state index contributed by atoms with van der Waals surface area (Å²) in [6.45, 7) is 4.05. The number of carbonyl (C=O) groups is 1. The first-order chi connectivity index (χ1) is 6.68. The topological polar surface area (TPSA) is 46.5 Å². The summed E-state index contributed by atoms with van der Waals surface area (Å²) in [4.78, 5) is 10.8. The molecule has 0 saturated heterocycles. The molecule has 0 aromatic rings. The van der Waals surface area contributed by atoms with Gasteiger partial charge in [-0.15, -0.1) is 0 Å². The van der Waals surface area contributed by atoms with Gasteiger partial charge in [-0.2, -0.15) is 0 Å². The van der Waals surface area contributed by atoms with Crippen molar-refractivity contribution in [2.75, 3.05) is 6.61 Å². The minimum atomic E-state index is -0.991. The van der Waals surface area contributed by atoms with E-state index in [0.29, 0.717) is 6.61 Å². The molecule has 1 atom stereocenters. The summed E-state index contributed by atoms with van der Waals surface area (Å²) in [5, 5.41) is 8.82. The van der Waals surface area contributed by atoms with E-state index in [4.69, 9.17) is 9.84 Å². The zero-order valence-electron chi connectivity index (χ0n) is 9.29. The first-order valence-corrected chi connectivity index (χ1v) is 5.53. The Bertz CT molecular complexity index is 143. The normalized spacial score (nSPS) is 12.5. The number of aliphatic hydroxyl groups excluding tert-OH is 1. The predicted molar refractivity (Wildman–Crippen MR) is 56.0 cm³/mol. The lowest BCUT2D eigenvalue weighted by Gasteiger charge is -2.05. The average Bonchev–Trinajstić information content (AvgIpc) is 2.16. The van der Waals surface area contributed by atoms with Crippen LogP contribution in [0.1, 0.15) is 52.4 Å². The van der Waals surface area contributed by atoms with E-state index >= 15 is 0 Å². The zero-order valence-corrected chi connectivity index (χ0v) is 9.29. The summed E-state index contributed by atoms with van der Waals surface area (Å²) in [5.74, 6) is -0.515. The molecule has 14 heavy (non-hydrogen) atoms. The Morgan fingerprint density at radius 1 is 1.21 bits per heavy atom. The predicted octanol–water partition coefficient (Wildman–Crippen LogP) is 2.27. The summed E-state index contributed by atoms with van der Waals surface area (Å²) >= 11 is 0. The third kappa shape index (κ3) is 8.05. The summed E-state index contributed by atoms with van der Waals surface area (Å²) in [6.07, 6.45) is 6.02. The largest absolute Gasteiger partial charge is 0.464 e. The molecule has 0 aromatic carbocycles. The van der Waals surface area contributed by atoms with Crippen molar-refractivity contribution in [2.45, 2.75) is 58.5 Å². The highest BCUT2D eigenvalue weighted by Crippen LogP contribution is 2.05. The minimum absolute atomic E-state index is 0.440. The maximum Gasteiger partial charge on any atom is 0.334 e. The van der Waals surface area contributed by atoms with Gasteiger partial charge in [-0.05, 0) is 13.3 Å². The second-order valence-electron chi connectivity index (χ2n) is 3.61. The second-order valence-corrected chi connectivity index (χ2v) is 3.61. The van der Waals surface area contributed by atoms with Gasteiger partial charge < -0.3 is 9.84 Å². The fraction of sp³-hybridized carbons (Fsp3) is 0.909. The van der Waals surface area contributed by atoms with Crippen LogP contribution in [0.3, 0.4) is 0 Å². The molecule has 0 rings (SSSR count). The lowest BCUT2D eigenvalue weighted by Crippen LogP contribution is -2.19.